The minimum Gasteiger partial charge on any atom is -0.378 e. The van der Waals surface area contributed by atoms with Gasteiger partial charge in [0.2, 0.25) is 0 Å². The van der Waals surface area contributed by atoms with E-state index in [2.05, 4.69) is 10.2 Å². The van der Waals surface area contributed by atoms with Gasteiger partial charge in [-0.1, -0.05) is 0 Å². The second-order valence-corrected chi connectivity index (χ2v) is 6.74. The molecule has 3 nitrogen and oxygen atoms in total. The van der Waals surface area contributed by atoms with Crippen molar-refractivity contribution >= 4 is 0 Å². The summed E-state index contributed by atoms with van der Waals surface area (Å²) in [4.78, 5) is 2.67. The second-order valence-electron chi connectivity index (χ2n) is 6.74. The molecule has 19 heavy (non-hydrogen) atoms. The van der Waals surface area contributed by atoms with E-state index in [1.165, 1.54) is 77.5 Å². The van der Waals surface area contributed by atoms with Gasteiger partial charge in [-0.2, -0.15) is 0 Å². The average Bonchev–Trinajstić information content (AvgIpc) is 3.13. The summed E-state index contributed by atoms with van der Waals surface area (Å²) in [5.41, 5.74) is 0. The van der Waals surface area contributed by atoms with Gasteiger partial charge in [-0.3, -0.25) is 0 Å². The Bertz CT molecular complexity index is 253. The lowest BCUT2D eigenvalue weighted by Crippen LogP contribution is -2.38. The molecule has 1 unspecified atom stereocenters. The number of nitrogens with one attached hydrogen (secondary N) is 1. The Balaban J connectivity index is 1.23. The lowest BCUT2D eigenvalue weighted by Gasteiger charge is -2.32. The summed E-state index contributed by atoms with van der Waals surface area (Å²) in [5.74, 6) is 0.940. The highest BCUT2D eigenvalue weighted by molar-refractivity contribution is 4.83. The molecule has 0 aromatic carbocycles. The fourth-order valence-corrected chi connectivity index (χ4v) is 3.45. The summed E-state index contributed by atoms with van der Waals surface area (Å²) < 4.78 is 5.69. The number of hydrogen-bond acceptors (Lipinski definition) is 3. The molecule has 2 saturated heterocycles. The molecule has 2 aliphatic heterocycles. The van der Waals surface area contributed by atoms with Gasteiger partial charge in [0.1, 0.15) is 0 Å². The van der Waals surface area contributed by atoms with Crippen molar-refractivity contribution in [2.75, 3.05) is 32.8 Å². The van der Waals surface area contributed by atoms with Crippen molar-refractivity contribution in [3.63, 3.8) is 0 Å². The molecule has 0 amide bonds. The zero-order valence-electron chi connectivity index (χ0n) is 12.3. The predicted octanol–water partition coefficient (Wildman–Crippen LogP) is 2.41. The van der Waals surface area contributed by atoms with Crippen LogP contribution in [0.25, 0.3) is 0 Å². The summed E-state index contributed by atoms with van der Waals surface area (Å²) in [5, 5.41) is 3.69. The zero-order valence-corrected chi connectivity index (χ0v) is 12.3. The summed E-state index contributed by atoms with van der Waals surface area (Å²) in [6.45, 7) is 6.21. The van der Waals surface area contributed by atoms with Gasteiger partial charge < -0.3 is 15.0 Å². The molecular weight excluding hydrogens is 236 g/mol. The highest BCUT2D eigenvalue weighted by Crippen LogP contribution is 2.22. The van der Waals surface area contributed by atoms with Crippen LogP contribution in [0.1, 0.15) is 51.4 Å². The van der Waals surface area contributed by atoms with E-state index >= 15 is 0 Å². The molecule has 1 N–H and O–H groups in total. The van der Waals surface area contributed by atoms with Crippen LogP contribution in [-0.4, -0.2) is 49.8 Å². The molecule has 3 aliphatic rings. The maximum atomic E-state index is 5.69. The highest BCUT2D eigenvalue weighted by atomic mass is 16.5. The third-order valence-corrected chi connectivity index (χ3v) is 5.00. The first-order valence-electron chi connectivity index (χ1n) is 8.47. The molecule has 0 spiro atoms. The van der Waals surface area contributed by atoms with Crippen molar-refractivity contribution in [1.82, 2.24) is 10.2 Å². The topological polar surface area (TPSA) is 24.5 Å². The van der Waals surface area contributed by atoms with Gasteiger partial charge in [0, 0.05) is 12.6 Å². The molecule has 1 aliphatic carbocycles. The lowest BCUT2D eigenvalue weighted by molar-refractivity contribution is 0.0959. The average molecular weight is 266 g/mol. The fourth-order valence-electron chi connectivity index (χ4n) is 3.45. The normalized spacial score (nSPS) is 30.0. The molecule has 0 radical (unpaired) electrons. The second kappa shape index (κ2) is 7.05. The molecular formula is C16H30N2O. The van der Waals surface area contributed by atoms with Crippen molar-refractivity contribution in [2.45, 2.75) is 63.5 Å². The van der Waals surface area contributed by atoms with Crippen molar-refractivity contribution in [1.29, 1.82) is 0 Å². The Kier molecular flexibility index (Phi) is 5.14. The van der Waals surface area contributed by atoms with Crippen LogP contribution in [0.2, 0.25) is 0 Å². The maximum Gasteiger partial charge on any atom is 0.0576 e. The molecule has 1 saturated carbocycles. The third-order valence-electron chi connectivity index (χ3n) is 5.00. The van der Waals surface area contributed by atoms with Crippen LogP contribution in [0, 0.1) is 5.92 Å². The van der Waals surface area contributed by atoms with Crippen LogP contribution in [0.4, 0.5) is 0 Å². The van der Waals surface area contributed by atoms with Crippen molar-refractivity contribution in [3.05, 3.63) is 0 Å². The minimum absolute atomic E-state index is 0.584. The number of likely N-dealkylation sites (tertiary alicyclic amines) is 1. The van der Waals surface area contributed by atoms with Gasteiger partial charge >= 0.3 is 0 Å². The van der Waals surface area contributed by atoms with E-state index in [0.717, 1.165) is 18.6 Å². The number of piperidine rings is 1. The van der Waals surface area contributed by atoms with Gasteiger partial charge in [-0.05, 0) is 83.5 Å². The first kappa shape index (κ1) is 13.8. The molecule has 0 aromatic heterocycles. The van der Waals surface area contributed by atoms with Gasteiger partial charge in [0.25, 0.3) is 0 Å². The van der Waals surface area contributed by atoms with E-state index in [1.807, 2.05) is 0 Å². The fraction of sp³-hybridized carbons (Fsp3) is 1.00. The Morgan fingerprint density at radius 2 is 1.89 bits per heavy atom. The van der Waals surface area contributed by atoms with Crippen LogP contribution in [-0.2, 0) is 4.74 Å². The zero-order chi connectivity index (χ0) is 12.9. The lowest BCUT2D eigenvalue weighted by atomic mass is 9.96. The van der Waals surface area contributed by atoms with E-state index in [4.69, 9.17) is 4.74 Å². The van der Waals surface area contributed by atoms with E-state index in [0.29, 0.717) is 6.10 Å². The molecule has 3 fully saturated rings. The van der Waals surface area contributed by atoms with Gasteiger partial charge in [-0.15, -0.1) is 0 Å². The van der Waals surface area contributed by atoms with Crippen molar-refractivity contribution in [3.8, 4) is 0 Å². The summed E-state index contributed by atoms with van der Waals surface area (Å²) >= 11 is 0. The summed E-state index contributed by atoms with van der Waals surface area (Å²) in [6, 6.07) is 0.879. The number of nitrogens with zero attached hydrogens (tertiary/aromatic N) is 1. The quantitative estimate of drug-likeness (QED) is 0.766. The monoisotopic (exact) mass is 266 g/mol. The number of hydrogen-bond donors (Lipinski definition) is 1. The molecule has 3 rings (SSSR count). The van der Waals surface area contributed by atoms with E-state index in [1.54, 1.807) is 0 Å². The maximum absolute atomic E-state index is 5.69. The summed E-state index contributed by atoms with van der Waals surface area (Å²) in [6.07, 6.45) is 11.4. The molecule has 110 valence electrons. The predicted molar refractivity (Wildman–Crippen MR) is 78.4 cm³/mol. The first-order valence-corrected chi connectivity index (χ1v) is 8.47. The van der Waals surface area contributed by atoms with Gasteiger partial charge in [0.15, 0.2) is 0 Å². The Labute approximate surface area is 118 Å². The molecule has 1 atom stereocenters. The Morgan fingerprint density at radius 3 is 2.58 bits per heavy atom. The number of ether oxygens (including phenoxy) is 1. The first-order chi connectivity index (χ1) is 9.40. The molecule has 0 bridgehead atoms. The van der Waals surface area contributed by atoms with Crippen LogP contribution in [0.5, 0.6) is 0 Å². The SMILES string of the molecule is C1COC(CCCN2CCC(CNC3CC3)CC2)C1. The standard InChI is InChI=1S/C16H30N2O/c1(3-16-4-2-12-19-16)9-18-10-7-14(8-11-18)13-17-15-5-6-15/h14-17H,1-13H2. The smallest absolute Gasteiger partial charge is 0.0576 e. The van der Waals surface area contributed by atoms with Crippen LogP contribution < -0.4 is 5.32 Å². The van der Waals surface area contributed by atoms with Gasteiger partial charge in [0.05, 0.1) is 6.10 Å². The molecule has 0 aromatic rings. The van der Waals surface area contributed by atoms with Gasteiger partial charge in [-0.25, -0.2) is 0 Å². The Hall–Kier alpha value is -0.120. The van der Waals surface area contributed by atoms with E-state index in [-0.39, 0.29) is 0 Å². The third kappa shape index (κ3) is 4.73. The van der Waals surface area contributed by atoms with E-state index in [9.17, 15) is 0 Å². The van der Waals surface area contributed by atoms with Crippen molar-refractivity contribution in [2.24, 2.45) is 5.92 Å². The molecule has 3 heteroatoms. The van der Waals surface area contributed by atoms with E-state index < -0.39 is 0 Å². The van der Waals surface area contributed by atoms with Crippen LogP contribution in [0.15, 0.2) is 0 Å². The van der Waals surface area contributed by atoms with Crippen LogP contribution in [0.3, 0.4) is 0 Å². The van der Waals surface area contributed by atoms with Crippen molar-refractivity contribution < 1.29 is 4.74 Å². The minimum atomic E-state index is 0.584. The number of rotatable bonds is 7. The highest BCUT2D eigenvalue weighted by Gasteiger charge is 2.24. The van der Waals surface area contributed by atoms with Crippen LogP contribution >= 0.6 is 0 Å². The molecule has 2 heterocycles. The Morgan fingerprint density at radius 1 is 1.05 bits per heavy atom. The largest absolute Gasteiger partial charge is 0.378 e. The summed E-state index contributed by atoms with van der Waals surface area (Å²) in [7, 11) is 0.